The molecule has 2 rings (SSSR count). The normalized spacial score (nSPS) is 13.5. The molecule has 9 nitrogen and oxygen atoms in total. The van der Waals surface area contributed by atoms with Crippen molar-refractivity contribution in [3.05, 3.63) is 29.8 Å². The van der Waals surface area contributed by atoms with Crippen molar-refractivity contribution in [2.24, 2.45) is 0 Å². The van der Waals surface area contributed by atoms with E-state index in [1.165, 1.54) is 16.9 Å². The van der Waals surface area contributed by atoms with Crippen molar-refractivity contribution in [3.8, 4) is 0 Å². The van der Waals surface area contributed by atoms with Gasteiger partial charge in [-0.25, -0.2) is 0 Å². The second-order valence-electron chi connectivity index (χ2n) is 7.01. The van der Waals surface area contributed by atoms with Crippen molar-refractivity contribution in [2.45, 2.75) is 26.7 Å². The summed E-state index contributed by atoms with van der Waals surface area (Å²) < 4.78 is 9.86. The van der Waals surface area contributed by atoms with Crippen LogP contribution in [0.2, 0.25) is 0 Å². The zero-order valence-electron chi connectivity index (χ0n) is 17.8. The van der Waals surface area contributed by atoms with Crippen LogP contribution in [-0.4, -0.2) is 80.1 Å². The van der Waals surface area contributed by atoms with E-state index in [-0.39, 0.29) is 70.1 Å². The Hall–Kier alpha value is -2.94. The van der Waals surface area contributed by atoms with Crippen molar-refractivity contribution in [3.63, 3.8) is 0 Å². The summed E-state index contributed by atoms with van der Waals surface area (Å²) in [5.41, 5.74) is 1.75. The van der Waals surface area contributed by atoms with Crippen molar-refractivity contribution in [1.29, 1.82) is 0 Å². The molecule has 164 valence electrons. The predicted octanol–water partition coefficient (Wildman–Crippen LogP) is 0.946. The van der Waals surface area contributed by atoms with Gasteiger partial charge in [-0.3, -0.25) is 24.1 Å². The topological polar surface area (TPSA) is 96.5 Å². The smallest absolute Gasteiger partial charge is 0.306 e. The van der Waals surface area contributed by atoms with Gasteiger partial charge < -0.3 is 19.3 Å². The molecule has 1 saturated heterocycles. The molecule has 0 atom stereocenters. The van der Waals surface area contributed by atoms with E-state index in [1.807, 2.05) is 31.2 Å². The maximum absolute atomic E-state index is 12.8. The lowest BCUT2D eigenvalue weighted by Gasteiger charge is -2.25. The number of amides is 3. The van der Waals surface area contributed by atoms with Crippen LogP contribution in [0.15, 0.2) is 24.3 Å². The Morgan fingerprint density at radius 2 is 1.97 bits per heavy atom. The van der Waals surface area contributed by atoms with E-state index in [0.29, 0.717) is 0 Å². The maximum Gasteiger partial charge on any atom is 0.306 e. The van der Waals surface area contributed by atoms with Gasteiger partial charge in [0.25, 0.3) is 0 Å². The highest BCUT2D eigenvalue weighted by Crippen LogP contribution is 2.20. The standard InChI is InChI=1S/C21H29N3O6/c1-4-30-21(28)9-8-18(25)22(10-11-29-3)13-19(26)23-14-20(27)24(15-23)17-7-5-6-16(2)12-17/h5-7,12H,4,8-11,13-15H2,1-3H3. The lowest BCUT2D eigenvalue weighted by molar-refractivity contribution is -0.146. The minimum Gasteiger partial charge on any atom is -0.466 e. The summed E-state index contributed by atoms with van der Waals surface area (Å²) in [4.78, 5) is 53.5. The zero-order chi connectivity index (χ0) is 22.1. The second-order valence-corrected chi connectivity index (χ2v) is 7.01. The molecule has 1 aromatic rings. The molecule has 1 aliphatic heterocycles. The molecule has 0 bridgehead atoms. The van der Waals surface area contributed by atoms with E-state index in [1.54, 1.807) is 11.8 Å². The van der Waals surface area contributed by atoms with Gasteiger partial charge in [0.15, 0.2) is 0 Å². The number of rotatable bonds is 10. The minimum absolute atomic E-state index is 0.0398. The molecule has 0 aromatic heterocycles. The van der Waals surface area contributed by atoms with Crippen LogP contribution in [0, 0.1) is 6.92 Å². The summed E-state index contributed by atoms with van der Waals surface area (Å²) in [5.74, 6) is -1.30. The lowest BCUT2D eigenvalue weighted by Crippen LogP contribution is -2.44. The fourth-order valence-corrected chi connectivity index (χ4v) is 3.09. The third-order valence-electron chi connectivity index (χ3n) is 4.70. The van der Waals surface area contributed by atoms with Gasteiger partial charge in [-0.1, -0.05) is 12.1 Å². The van der Waals surface area contributed by atoms with Crippen LogP contribution in [0.4, 0.5) is 5.69 Å². The van der Waals surface area contributed by atoms with Crippen LogP contribution in [0.1, 0.15) is 25.3 Å². The van der Waals surface area contributed by atoms with Crippen LogP contribution < -0.4 is 4.90 Å². The number of ether oxygens (including phenoxy) is 2. The number of methoxy groups -OCH3 is 1. The number of hydrogen-bond acceptors (Lipinski definition) is 6. The molecule has 0 unspecified atom stereocenters. The molecular formula is C21H29N3O6. The quantitative estimate of drug-likeness (QED) is 0.524. The molecule has 1 heterocycles. The summed E-state index contributed by atoms with van der Waals surface area (Å²) in [6.45, 7) is 4.26. The van der Waals surface area contributed by atoms with E-state index in [4.69, 9.17) is 9.47 Å². The third-order valence-corrected chi connectivity index (χ3v) is 4.70. The van der Waals surface area contributed by atoms with E-state index in [9.17, 15) is 19.2 Å². The van der Waals surface area contributed by atoms with E-state index < -0.39 is 5.97 Å². The molecule has 1 aliphatic rings. The number of benzene rings is 1. The average Bonchev–Trinajstić information content (AvgIpc) is 3.11. The first-order valence-electron chi connectivity index (χ1n) is 9.92. The molecule has 0 radical (unpaired) electrons. The van der Waals surface area contributed by atoms with Gasteiger partial charge in [0, 0.05) is 25.8 Å². The number of carbonyl (C=O) groups is 4. The first-order chi connectivity index (χ1) is 14.3. The number of hydrogen-bond donors (Lipinski definition) is 0. The van der Waals surface area contributed by atoms with Crippen molar-refractivity contribution in [1.82, 2.24) is 9.80 Å². The van der Waals surface area contributed by atoms with Gasteiger partial charge in [0.2, 0.25) is 17.7 Å². The second kappa shape index (κ2) is 11.3. The van der Waals surface area contributed by atoms with Gasteiger partial charge in [-0.2, -0.15) is 0 Å². The highest BCUT2D eigenvalue weighted by atomic mass is 16.5. The van der Waals surface area contributed by atoms with Gasteiger partial charge in [0.05, 0.1) is 26.2 Å². The van der Waals surface area contributed by atoms with Crippen LogP contribution in [0.25, 0.3) is 0 Å². The Morgan fingerprint density at radius 3 is 2.63 bits per heavy atom. The monoisotopic (exact) mass is 419 g/mol. The third kappa shape index (κ3) is 6.55. The Kier molecular flexibility index (Phi) is 8.79. The molecule has 9 heteroatoms. The van der Waals surface area contributed by atoms with Crippen LogP contribution in [0.3, 0.4) is 0 Å². The van der Waals surface area contributed by atoms with E-state index in [2.05, 4.69) is 0 Å². The summed E-state index contributed by atoms with van der Waals surface area (Å²) in [5, 5.41) is 0. The van der Waals surface area contributed by atoms with Gasteiger partial charge in [0.1, 0.15) is 13.2 Å². The summed E-state index contributed by atoms with van der Waals surface area (Å²) in [6, 6.07) is 7.50. The van der Waals surface area contributed by atoms with Crippen LogP contribution in [0.5, 0.6) is 0 Å². The number of anilines is 1. The lowest BCUT2D eigenvalue weighted by atomic mass is 10.2. The molecule has 30 heavy (non-hydrogen) atoms. The van der Waals surface area contributed by atoms with Crippen molar-refractivity contribution >= 4 is 29.4 Å². The number of esters is 1. The van der Waals surface area contributed by atoms with Crippen molar-refractivity contribution < 1.29 is 28.7 Å². The van der Waals surface area contributed by atoms with E-state index >= 15 is 0 Å². The Morgan fingerprint density at radius 1 is 1.20 bits per heavy atom. The summed E-state index contributed by atoms with van der Waals surface area (Å²) in [6.07, 6.45) is -0.0993. The fraction of sp³-hybridized carbons (Fsp3) is 0.524. The average molecular weight is 419 g/mol. The number of aryl methyl sites for hydroxylation is 1. The molecule has 1 fully saturated rings. The fourth-order valence-electron chi connectivity index (χ4n) is 3.09. The first-order valence-corrected chi connectivity index (χ1v) is 9.92. The van der Waals surface area contributed by atoms with Gasteiger partial charge >= 0.3 is 5.97 Å². The molecular weight excluding hydrogens is 390 g/mol. The minimum atomic E-state index is -0.456. The molecule has 0 saturated carbocycles. The Balaban J connectivity index is 1.98. The molecule has 0 N–H and O–H groups in total. The molecule has 0 aliphatic carbocycles. The zero-order valence-corrected chi connectivity index (χ0v) is 17.8. The highest BCUT2D eigenvalue weighted by molar-refractivity contribution is 6.00. The van der Waals surface area contributed by atoms with Crippen LogP contribution in [-0.2, 0) is 28.7 Å². The summed E-state index contributed by atoms with van der Waals surface area (Å²) >= 11 is 0. The SMILES string of the molecule is CCOC(=O)CCC(=O)N(CCOC)CC(=O)N1CC(=O)N(c2cccc(C)c2)C1. The van der Waals surface area contributed by atoms with Crippen molar-refractivity contribution in [2.75, 3.05) is 51.5 Å². The van der Waals surface area contributed by atoms with E-state index in [0.717, 1.165) is 11.3 Å². The Bertz CT molecular complexity index is 782. The highest BCUT2D eigenvalue weighted by Gasteiger charge is 2.33. The number of carbonyl (C=O) groups excluding carboxylic acids is 4. The largest absolute Gasteiger partial charge is 0.466 e. The first kappa shape index (κ1) is 23.3. The van der Waals surface area contributed by atoms with Gasteiger partial charge in [-0.15, -0.1) is 0 Å². The number of nitrogens with zero attached hydrogens (tertiary/aromatic N) is 3. The van der Waals surface area contributed by atoms with Crippen LogP contribution >= 0.6 is 0 Å². The maximum atomic E-state index is 12.8. The predicted molar refractivity (Wildman–Crippen MR) is 110 cm³/mol. The summed E-state index contributed by atoms with van der Waals surface area (Å²) in [7, 11) is 1.50. The Labute approximate surface area is 176 Å². The molecule has 1 aromatic carbocycles. The molecule has 3 amide bonds. The van der Waals surface area contributed by atoms with Gasteiger partial charge in [-0.05, 0) is 31.5 Å². The molecule has 0 spiro atoms.